The number of carbonyl (C=O) groups is 2. The number of rotatable bonds is 6. The molecule has 0 aromatic heterocycles. The number of hydrazine groups is 1. The number of nitrogens with two attached hydrogens (primary N) is 1. The lowest BCUT2D eigenvalue weighted by Crippen LogP contribution is -2.45. The van der Waals surface area contributed by atoms with Crippen molar-refractivity contribution >= 4 is 17.5 Å². The van der Waals surface area contributed by atoms with E-state index in [2.05, 4.69) is 16.1 Å². The van der Waals surface area contributed by atoms with Gasteiger partial charge in [0.2, 0.25) is 5.91 Å². The number of carbonyl (C=O) groups excluding carboxylic acids is 2. The van der Waals surface area contributed by atoms with E-state index in [1.807, 2.05) is 26.8 Å². The third-order valence-corrected chi connectivity index (χ3v) is 3.00. The van der Waals surface area contributed by atoms with Gasteiger partial charge < -0.3 is 16.1 Å². The van der Waals surface area contributed by atoms with Crippen molar-refractivity contribution in [1.82, 2.24) is 10.6 Å². The van der Waals surface area contributed by atoms with Crippen LogP contribution in [0.3, 0.4) is 0 Å². The van der Waals surface area contributed by atoms with E-state index in [0.717, 1.165) is 5.56 Å². The zero-order valence-corrected chi connectivity index (χ0v) is 13.0. The van der Waals surface area contributed by atoms with Crippen molar-refractivity contribution in [2.24, 2.45) is 11.8 Å². The van der Waals surface area contributed by atoms with Gasteiger partial charge in [-0.2, -0.15) is 0 Å². The number of benzene rings is 1. The summed E-state index contributed by atoms with van der Waals surface area (Å²) in [6.07, 6.45) is 0. The molecule has 5 N–H and O–H groups in total. The first-order chi connectivity index (χ1) is 9.85. The van der Waals surface area contributed by atoms with E-state index in [9.17, 15) is 9.59 Å². The highest BCUT2D eigenvalue weighted by Crippen LogP contribution is 2.16. The average molecular weight is 292 g/mol. The van der Waals surface area contributed by atoms with Gasteiger partial charge in [-0.3, -0.25) is 15.4 Å². The summed E-state index contributed by atoms with van der Waals surface area (Å²) in [5.74, 6) is 5.24. The Morgan fingerprint density at radius 1 is 1.24 bits per heavy atom. The van der Waals surface area contributed by atoms with E-state index >= 15 is 0 Å². The molecule has 0 heterocycles. The van der Waals surface area contributed by atoms with Crippen LogP contribution >= 0.6 is 0 Å². The molecule has 1 aromatic carbocycles. The lowest BCUT2D eigenvalue weighted by molar-refractivity contribution is -0.122. The van der Waals surface area contributed by atoms with Crippen LogP contribution < -0.4 is 21.9 Å². The highest BCUT2D eigenvalue weighted by molar-refractivity contribution is 6.01. The standard InChI is InChI=1S/C15H24N4O2/c1-9(2)8-17-14(20)11(4)18-15(21)12-6-5-10(3)7-13(12)19-16/h5-7,9,11,19H,8,16H2,1-4H3,(H,17,20)(H,18,21). The molecule has 0 aliphatic rings. The number of hydrogen-bond donors (Lipinski definition) is 4. The molecule has 0 radical (unpaired) electrons. The summed E-state index contributed by atoms with van der Waals surface area (Å²) in [5.41, 5.74) is 4.43. The summed E-state index contributed by atoms with van der Waals surface area (Å²) in [6, 6.07) is 4.67. The van der Waals surface area contributed by atoms with Gasteiger partial charge in [0.15, 0.2) is 0 Å². The molecule has 0 aliphatic heterocycles. The summed E-state index contributed by atoms with van der Waals surface area (Å²) in [7, 11) is 0. The van der Waals surface area contributed by atoms with E-state index in [0.29, 0.717) is 23.7 Å². The molecule has 0 spiro atoms. The lowest BCUT2D eigenvalue weighted by atomic mass is 10.1. The van der Waals surface area contributed by atoms with E-state index < -0.39 is 6.04 Å². The maximum Gasteiger partial charge on any atom is 0.254 e. The molecule has 116 valence electrons. The van der Waals surface area contributed by atoms with Crippen LogP contribution in [-0.2, 0) is 4.79 Å². The number of hydrogen-bond acceptors (Lipinski definition) is 4. The average Bonchev–Trinajstić information content (AvgIpc) is 2.43. The predicted octanol–water partition coefficient (Wildman–Crippen LogP) is 1.17. The molecule has 0 fully saturated rings. The molecule has 0 saturated heterocycles. The van der Waals surface area contributed by atoms with E-state index in [1.54, 1.807) is 19.1 Å². The molecular weight excluding hydrogens is 268 g/mol. The normalized spacial score (nSPS) is 11.9. The first-order valence-electron chi connectivity index (χ1n) is 7.01. The van der Waals surface area contributed by atoms with Crippen molar-refractivity contribution in [2.75, 3.05) is 12.0 Å². The number of anilines is 1. The van der Waals surface area contributed by atoms with Crippen LogP contribution in [0.1, 0.15) is 36.7 Å². The fourth-order valence-corrected chi connectivity index (χ4v) is 1.77. The minimum absolute atomic E-state index is 0.202. The van der Waals surface area contributed by atoms with Gasteiger partial charge >= 0.3 is 0 Å². The molecule has 0 bridgehead atoms. The Labute approximate surface area is 125 Å². The minimum Gasteiger partial charge on any atom is -0.354 e. The first kappa shape index (κ1) is 17.0. The Hall–Kier alpha value is -2.08. The highest BCUT2D eigenvalue weighted by atomic mass is 16.2. The monoisotopic (exact) mass is 292 g/mol. The molecule has 21 heavy (non-hydrogen) atoms. The maximum atomic E-state index is 12.2. The molecule has 6 heteroatoms. The molecule has 1 aromatic rings. The van der Waals surface area contributed by atoms with Crippen LogP contribution in [0.25, 0.3) is 0 Å². The van der Waals surface area contributed by atoms with Gasteiger partial charge in [0.1, 0.15) is 6.04 Å². The van der Waals surface area contributed by atoms with Crippen molar-refractivity contribution in [1.29, 1.82) is 0 Å². The molecule has 0 saturated carbocycles. The zero-order valence-electron chi connectivity index (χ0n) is 13.0. The maximum absolute atomic E-state index is 12.2. The molecule has 1 rings (SSSR count). The van der Waals surface area contributed by atoms with Crippen molar-refractivity contribution in [2.45, 2.75) is 33.7 Å². The molecule has 1 unspecified atom stereocenters. The summed E-state index contributed by atoms with van der Waals surface area (Å²) in [4.78, 5) is 24.1. The molecule has 2 amide bonds. The van der Waals surface area contributed by atoms with E-state index in [-0.39, 0.29) is 11.8 Å². The largest absolute Gasteiger partial charge is 0.354 e. The Kier molecular flexibility index (Phi) is 6.17. The Bertz CT molecular complexity index is 514. The summed E-state index contributed by atoms with van der Waals surface area (Å²) in [5, 5.41) is 5.45. The molecular formula is C15H24N4O2. The predicted molar refractivity (Wildman–Crippen MR) is 83.8 cm³/mol. The van der Waals surface area contributed by atoms with Gasteiger partial charge in [-0.15, -0.1) is 0 Å². The molecule has 6 nitrogen and oxygen atoms in total. The second-order valence-corrected chi connectivity index (χ2v) is 5.53. The van der Waals surface area contributed by atoms with Gasteiger partial charge in [0.25, 0.3) is 5.91 Å². The SMILES string of the molecule is Cc1ccc(C(=O)NC(C)C(=O)NCC(C)C)c(NN)c1. The Morgan fingerprint density at radius 2 is 1.90 bits per heavy atom. The number of aryl methyl sites for hydroxylation is 1. The van der Waals surface area contributed by atoms with E-state index in [4.69, 9.17) is 5.84 Å². The van der Waals surface area contributed by atoms with Crippen LogP contribution in [-0.4, -0.2) is 24.4 Å². The topological polar surface area (TPSA) is 96.2 Å². The zero-order chi connectivity index (χ0) is 16.0. The van der Waals surface area contributed by atoms with Crippen molar-refractivity contribution in [3.05, 3.63) is 29.3 Å². The fourth-order valence-electron chi connectivity index (χ4n) is 1.77. The quantitative estimate of drug-likeness (QED) is 0.467. The third-order valence-electron chi connectivity index (χ3n) is 3.00. The summed E-state index contributed by atoms with van der Waals surface area (Å²) < 4.78 is 0. The van der Waals surface area contributed by atoms with E-state index in [1.165, 1.54) is 0 Å². The van der Waals surface area contributed by atoms with Gasteiger partial charge in [0.05, 0.1) is 11.3 Å². The second-order valence-electron chi connectivity index (χ2n) is 5.53. The lowest BCUT2D eigenvalue weighted by Gasteiger charge is -2.16. The van der Waals surface area contributed by atoms with Crippen molar-refractivity contribution in [3.63, 3.8) is 0 Å². The van der Waals surface area contributed by atoms with Crippen LogP contribution in [0.5, 0.6) is 0 Å². The Balaban J connectivity index is 2.70. The Morgan fingerprint density at radius 3 is 2.48 bits per heavy atom. The summed E-state index contributed by atoms with van der Waals surface area (Å²) >= 11 is 0. The fraction of sp³-hybridized carbons (Fsp3) is 0.467. The van der Waals surface area contributed by atoms with Crippen LogP contribution in [0.4, 0.5) is 5.69 Å². The van der Waals surface area contributed by atoms with Crippen LogP contribution in [0.15, 0.2) is 18.2 Å². The molecule has 1 atom stereocenters. The third kappa shape index (κ3) is 5.07. The van der Waals surface area contributed by atoms with Crippen LogP contribution in [0.2, 0.25) is 0 Å². The number of nitrogen functional groups attached to an aromatic ring is 1. The first-order valence-corrected chi connectivity index (χ1v) is 7.01. The number of nitrogens with one attached hydrogen (secondary N) is 3. The van der Waals surface area contributed by atoms with Gasteiger partial charge in [0, 0.05) is 6.54 Å². The van der Waals surface area contributed by atoms with Gasteiger partial charge in [-0.1, -0.05) is 19.9 Å². The second kappa shape index (κ2) is 7.64. The highest BCUT2D eigenvalue weighted by Gasteiger charge is 2.18. The smallest absolute Gasteiger partial charge is 0.254 e. The van der Waals surface area contributed by atoms with Crippen LogP contribution in [0, 0.1) is 12.8 Å². The van der Waals surface area contributed by atoms with Gasteiger partial charge in [-0.05, 0) is 37.5 Å². The number of amides is 2. The minimum atomic E-state index is -0.608. The van der Waals surface area contributed by atoms with Gasteiger partial charge in [-0.25, -0.2) is 0 Å². The van der Waals surface area contributed by atoms with Crippen molar-refractivity contribution < 1.29 is 9.59 Å². The van der Waals surface area contributed by atoms with Crippen molar-refractivity contribution in [3.8, 4) is 0 Å². The molecule has 0 aliphatic carbocycles. The summed E-state index contributed by atoms with van der Waals surface area (Å²) in [6.45, 7) is 8.16.